The predicted molar refractivity (Wildman–Crippen MR) is 94.2 cm³/mol. The SMILES string of the molecule is CC(C(=O)NC(=O)NCc1ccccc1)N(C)Cc1ccccc1. The highest BCUT2D eigenvalue weighted by molar-refractivity contribution is 5.96. The molecule has 0 saturated heterocycles. The first kappa shape index (κ1) is 17.7. The maximum absolute atomic E-state index is 12.2. The summed E-state index contributed by atoms with van der Waals surface area (Å²) in [6, 6.07) is 18.6. The molecule has 0 spiro atoms. The van der Waals surface area contributed by atoms with Crippen molar-refractivity contribution in [3.63, 3.8) is 0 Å². The molecule has 126 valence electrons. The van der Waals surface area contributed by atoms with Gasteiger partial charge in [-0.2, -0.15) is 0 Å². The quantitative estimate of drug-likeness (QED) is 0.858. The molecule has 0 bridgehead atoms. The van der Waals surface area contributed by atoms with E-state index < -0.39 is 12.1 Å². The molecule has 2 rings (SSSR count). The van der Waals surface area contributed by atoms with Crippen molar-refractivity contribution >= 4 is 11.9 Å². The van der Waals surface area contributed by atoms with Crippen molar-refractivity contribution in [1.82, 2.24) is 15.5 Å². The van der Waals surface area contributed by atoms with Crippen LogP contribution >= 0.6 is 0 Å². The number of benzene rings is 2. The van der Waals surface area contributed by atoms with E-state index in [2.05, 4.69) is 10.6 Å². The first-order chi connectivity index (χ1) is 11.6. The fourth-order valence-electron chi connectivity index (χ4n) is 2.25. The van der Waals surface area contributed by atoms with Crippen LogP contribution in [0, 0.1) is 0 Å². The molecule has 0 aliphatic rings. The van der Waals surface area contributed by atoms with Crippen LogP contribution in [0.5, 0.6) is 0 Å². The Hall–Kier alpha value is -2.66. The van der Waals surface area contributed by atoms with Crippen molar-refractivity contribution in [3.8, 4) is 0 Å². The van der Waals surface area contributed by atoms with Gasteiger partial charge in [0.25, 0.3) is 0 Å². The Morgan fingerprint density at radius 2 is 1.50 bits per heavy atom. The number of carbonyl (C=O) groups is 2. The second-order valence-electron chi connectivity index (χ2n) is 5.73. The summed E-state index contributed by atoms with van der Waals surface area (Å²) in [5, 5.41) is 5.07. The molecule has 2 N–H and O–H groups in total. The third kappa shape index (κ3) is 5.52. The number of urea groups is 1. The van der Waals surface area contributed by atoms with Crippen LogP contribution in [-0.4, -0.2) is 29.9 Å². The Balaban J connectivity index is 1.78. The van der Waals surface area contributed by atoms with Crippen LogP contribution < -0.4 is 10.6 Å². The van der Waals surface area contributed by atoms with Crippen molar-refractivity contribution < 1.29 is 9.59 Å². The molecule has 0 saturated carbocycles. The molecule has 0 aromatic heterocycles. The first-order valence-electron chi connectivity index (χ1n) is 7.93. The molecular formula is C19H23N3O2. The van der Waals surface area contributed by atoms with Gasteiger partial charge in [-0.15, -0.1) is 0 Å². The lowest BCUT2D eigenvalue weighted by Gasteiger charge is -2.23. The number of imide groups is 1. The Morgan fingerprint density at radius 3 is 2.08 bits per heavy atom. The van der Waals surface area contributed by atoms with Gasteiger partial charge in [-0.1, -0.05) is 60.7 Å². The molecule has 5 heteroatoms. The summed E-state index contributed by atoms with van der Waals surface area (Å²) in [5.41, 5.74) is 2.10. The van der Waals surface area contributed by atoms with Gasteiger partial charge in [0.2, 0.25) is 5.91 Å². The number of nitrogens with zero attached hydrogens (tertiary/aromatic N) is 1. The number of carbonyl (C=O) groups excluding carboxylic acids is 2. The van der Waals surface area contributed by atoms with E-state index in [9.17, 15) is 9.59 Å². The van der Waals surface area contributed by atoms with Gasteiger partial charge in [-0.3, -0.25) is 15.0 Å². The fourth-order valence-corrected chi connectivity index (χ4v) is 2.25. The molecule has 24 heavy (non-hydrogen) atoms. The molecular weight excluding hydrogens is 302 g/mol. The molecule has 3 amide bonds. The van der Waals surface area contributed by atoms with E-state index in [-0.39, 0.29) is 5.91 Å². The van der Waals surface area contributed by atoms with Crippen molar-refractivity contribution in [2.45, 2.75) is 26.1 Å². The van der Waals surface area contributed by atoms with Crippen LogP contribution in [0.2, 0.25) is 0 Å². The average molecular weight is 325 g/mol. The molecule has 0 heterocycles. The van der Waals surface area contributed by atoms with Crippen LogP contribution in [0.3, 0.4) is 0 Å². The lowest BCUT2D eigenvalue weighted by atomic mass is 10.2. The van der Waals surface area contributed by atoms with Crippen molar-refractivity contribution in [2.75, 3.05) is 7.05 Å². The van der Waals surface area contributed by atoms with Gasteiger partial charge in [-0.05, 0) is 25.1 Å². The van der Waals surface area contributed by atoms with Gasteiger partial charge < -0.3 is 5.32 Å². The minimum absolute atomic E-state index is 0.320. The number of hydrogen-bond donors (Lipinski definition) is 2. The molecule has 2 aromatic carbocycles. The number of hydrogen-bond acceptors (Lipinski definition) is 3. The van der Waals surface area contributed by atoms with Crippen molar-refractivity contribution in [3.05, 3.63) is 71.8 Å². The molecule has 0 fully saturated rings. The van der Waals surface area contributed by atoms with Crippen LogP contribution in [-0.2, 0) is 17.9 Å². The zero-order valence-electron chi connectivity index (χ0n) is 14.0. The fraction of sp³-hybridized carbons (Fsp3) is 0.263. The van der Waals surface area contributed by atoms with Gasteiger partial charge >= 0.3 is 6.03 Å². The maximum atomic E-state index is 12.2. The first-order valence-corrected chi connectivity index (χ1v) is 7.93. The summed E-state index contributed by atoms with van der Waals surface area (Å²) in [5.74, 6) is -0.320. The Bertz CT molecular complexity index is 659. The third-order valence-corrected chi connectivity index (χ3v) is 3.85. The van der Waals surface area contributed by atoms with Gasteiger partial charge in [0, 0.05) is 13.1 Å². The van der Waals surface area contributed by atoms with Crippen LogP contribution in [0.15, 0.2) is 60.7 Å². The number of rotatable bonds is 6. The summed E-state index contributed by atoms with van der Waals surface area (Å²) >= 11 is 0. The smallest absolute Gasteiger partial charge is 0.321 e. The van der Waals surface area contributed by atoms with E-state index >= 15 is 0 Å². The monoisotopic (exact) mass is 325 g/mol. The topological polar surface area (TPSA) is 61.4 Å². The normalized spacial score (nSPS) is 11.8. The molecule has 1 atom stereocenters. The number of nitrogens with one attached hydrogen (secondary N) is 2. The van der Waals surface area contributed by atoms with Crippen molar-refractivity contribution in [2.24, 2.45) is 0 Å². The highest BCUT2D eigenvalue weighted by Gasteiger charge is 2.20. The molecule has 0 aliphatic heterocycles. The maximum Gasteiger partial charge on any atom is 0.321 e. The molecule has 0 radical (unpaired) electrons. The van der Waals surface area contributed by atoms with E-state index in [0.717, 1.165) is 11.1 Å². The third-order valence-electron chi connectivity index (χ3n) is 3.85. The lowest BCUT2D eigenvalue weighted by molar-refractivity contribution is -0.124. The Morgan fingerprint density at radius 1 is 0.958 bits per heavy atom. The van der Waals surface area contributed by atoms with Gasteiger partial charge in [-0.25, -0.2) is 4.79 Å². The summed E-state index contributed by atoms with van der Waals surface area (Å²) in [6.45, 7) is 2.80. The largest absolute Gasteiger partial charge is 0.334 e. The Kier molecular flexibility index (Phi) is 6.51. The summed E-state index contributed by atoms with van der Waals surface area (Å²) < 4.78 is 0. The standard InChI is InChI=1S/C19H23N3O2/c1-15(22(2)14-17-11-7-4-8-12-17)18(23)21-19(24)20-13-16-9-5-3-6-10-16/h3-12,15H,13-14H2,1-2H3,(H2,20,21,23,24). The van der Waals surface area contributed by atoms with E-state index in [0.29, 0.717) is 13.1 Å². The van der Waals surface area contributed by atoms with Gasteiger partial charge in [0.15, 0.2) is 0 Å². The number of amides is 3. The van der Waals surface area contributed by atoms with Gasteiger partial charge in [0.1, 0.15) is 0 Å². The van der Waals surface area contributed by atoms with E-state index in [1.54, 1.807) is 6.92 Å². The van der Waals surface area contributed by atoms with E-state index in [1.165, 1.54) is 0 Å². The molecule has 1 unspecified atom stereocenters. The van der Waals surface area contributed by atoms with Crippen LogP contribution in [0.4, 0.5) is 4.79 Å². The summed E-state index contributed by atoms with van der Waals surface area (Å²) in [7, 11) is 1.86. The second kappa shape index (κ2) is 8.84. The predicted octanol–water partition coefficient (Wildman–Crippen LogP) is 2.53. The molecule has 5 nitrogen and oxygen atoms in total. The minimum atomic E-state index is -0.483. The lowest BCUT2D eigenvalue weighted by Crippen LogP contribution is -2.48. The number of likely N-dealkylation sites (N-methyl/N-ethyl adjacent to an activating group) is 1. The highest BCUT2D eigenvalue weighted by Crippen LogP contribution is 2.06. The van der Waals surface area contributed by atoms with E-state index in [1.807, 2.05) is 72.6 Å². The minimum Gasteiger partial charge on any atom is -0.334 e. The highest BCUT2D eigenvalue weighted by atomic mass is 16.2. The van der Waals surface area contributed by atoms with Crippen LogP contribution in [0.25, 0.3) is 0 Å². The average Bonchev–Trinajstić information content (AvgIpc) is 2.61. The second-order valence-corrected chi connectivity index (χ2v) is 5.73. The zero-order valence-corrected chi connectivity index (χ0v) is 14.0. The van der Waals surface area contributed by atoms with E-state index in [4.69, 9.17) is 0 Å². The Labute approximate surface area is 142 Å². The molecule has 2 aromatic rings. The van der Waals surface area contributed by atoms with Gasteiger partial charge in [0.05, 0.1) is 6.04 Å². The zero-order chi connectivity index (χ0) is 17.4. The summed E-state index contributed by atoms with van der Waals surface area (Å²) in [6.07, 6.45) is 0. The van der Waals surface area contributed by atoms with Crippen LogP contribution in [0.1, 0.15) is 18.1 Å². The summed E-state index contributed by atoms with van der Waals surface area (Å²) in [4.78, 5) is 25.9. The molecule has 0 aliphatic carbocycles. The van der Waals surface area contributed by atoms with Crippen molar-refractivity contribution in [1.29, 1.82) is 0 Å².